The van der Waals surface area contributed by atoms with Gasteiger partial charge < -0.3 is 10.2 Å². The molecule has 0 bridgehead atoms. The van der Waals surface area contributed by atoms with Crippen LogP contribution in [0.1, 0.15) is 18.1 Å². The molecule has 0 unspecified atom stereocenters. The highest BCUT2D eigenvalue weighted by atomic mass is 127. The quantitative estimate of drug-likeness (QED) is 0.347. The van der Waals surface area contributed by atoms with Crippen molar-refractivity contribution in [2.75, 3.05) is 24.5 Å². The van der Waals surface area contributed by atoms with Crippen LogP contribution in [-0.4, -0.2) is 30.6 Å². The molecule has 27 heavy (non-hydrogen) atoms. The molecular formula is C22H25IN4. The minimum atomic E-state index is 0. The first-order valence-electron chi connectivity index (χ1n) is 9.33. The van der Waals surface area contributed by atoms with Crippen LogP contribution in [0.4, 0.5) is 5.69 Å². The minimum absolute atomic E-state index is 0. The zero-order valence-corrected chi connectivity index (χ0v) is 17.9. The molecular weight excluding hydrogens is 447 g/mol. The molecule has 0 radical (unpaired) electrons. The van der Waals surface area contributed by atoms with Gasteiger partial charge in [-0.15, -0.1) is 24.0 Å². The number of aromatic nitrogens is 1. The van der Waals surface area contributed by atoms with Crippen molar-refractivity contribution in [2.24, 2.45) is 4.99 Å². The van der Waals surface area contributed by atoms with Crippen LogP contribution in [0.3, 0.4) is 0 Å². The first-order valence-corrected chi connectivity index (χ1v) is 9.33. The molecule has 4 nitrogen and oxygen atoms in total. The maximum absolute atomic E-state index is 4.90. The van der Waals surface area contributed by atoms with E-state index in [1.54, 1.807) is 0 Å². The Balaban J connectivity index is 0.00000210. The van der Waals surface area contributed by atoms with Gasteiger partial charge in [0.1, 0.15) is 0 Å². The molecule has 2 heterocycles. The number of nitrogens with zero attached hydrogens (tertiary/aromatic N) is 3. The van der Waals surface area contributed by atoms with Gasteiger partial charge >= 0.3 is 0 Å². The Hall–Kier alpha value is -2.15. The van der Waals surface area contributed by atoms with E-state index in [-0.39, 0.29) is 24.0 Å². The molecule has 4 rings (SSSR count). The summed E-state index contributed by atoms with van der Waals surface area (Å²) >= 11 is 0. The second-order valence-corrected chi connectivity index (χ2v) is 6.51. The Bertz CT molecular complexity index is 933. The number of anilines is 1. The second-order valence-electron chi connectivity index (χ2n) is 6.51. The highest BCUT2D eigenvalue weighted by molar-refractivity contribution is 14.0. The number of nitrogens with one attached hydrogen (secondary N) is 1. The summed E-state index contributed by atoms with van der Waals surface area (Å²) in [5.74, 6) is 0.977. The molecule has 0 saturated heterocycles. The third kappa shape index (κ3) is 4.24. The summed E-state index contributed by atoms with van der Waals surface area (Å²) < 4.78 is 0. The molecule has 3 aromatic rings. The van der Waals surface area contributed by atoms with Crippen LogP contribution < -0.4 is 10.2 Å². The van der Waals surface area contributed by atoms with E-state index in [2.05, 4.69) is 70.7 Å². The third-order valence-corrected chi connectivity index (χ3v) is 4.84. The van der Waals surface area contributed by atoms with E-state index >= 15 is 0 Å². The monoisotopic (exact) mass is 472 g/mol. The first kappa shape index (κ1) is 19.6. The first-order chi connectivity index (χ1) is 12.9. The van der Waals surface area contributed by atoms with E-state index in [1.807, 2.05) is 12.3 Å². The van der Waals surface area contributed by atoms with Crippen molar-refractivity contribution in [2.45, 2.75) is 19.8 Å². The lowest BCUT2D eigenvalue weighted by molar-refractivity contribution is 0.872. The maximum Gasteiger partial charge on any atom is 0.198 e. The molecule has 2 aromatic carbocycles. The molecule has 0 saturated carbocycles. The molecule has 0 atom stereocenters. The van der Waals surface area contributed by atoms with Crippen molar-refractivity contribution < 1.29 is 0 Å². The number of rotatable bonds is 4. The van der Waals surface area contributed by atoms with Gasteiger partial charge in [0, 0.05) is 36.9 Å². The van der Waals surface area contributed by atoms with Crippen LogP contribution in [0.5, 0.6) is 0 Å². The van der Waals surface area contributed by atoms with Gasteiger partial charge in [-0.25, -0.2) is 0 Å². The lowest BCUT2D eigenvalue weighted by atomic mass is 10.1. The predicted octanol–water partition coefficient (Wildman–Crippen LogP) is 4.42. The van der Waals surface area contributed by atoms with Crippen molar-refractivity contribution in [3.05, 3.63) is 71.9 Å². The molecule has 1 N–H and O–H groups in total. The van der Waals surface area contributed by atoms with Gasteiger partial charge in [0.15, 0.2) is 5.96 Å². The lowest BCUT2D eigenvalue weighted by Crippen LogP contribution is -2.40. The zero-order chi connectivity index (χ0) is 17.8. The van der Waals surface area contributed by atoms with Crippen molar-refractivity contribution in [1.29, 1.82) is 0 Å². The van der Waals surface area contributed by atoms with E-state index in [0.29, 0.717) is 0 Å². The number of hydrogen-bond acceptors (Lipinski definition) is 2. The van der Waals surface area contributed by atoms with E-state index in [4.69, 9.17) is 4.99 Å². The molecule has 1 aromatic heterocycles. The molecule has 0 fully saturated rings. The van der Waals surface area contributed by atoms with Gasteiger partial charge in [0.2, 0.25) is 0 Å². The van der Waals surface area contributed by atoms with E-state index in [1.165, 1.54) is 22.2 Å². The Labute approximate surface area is 177 Å². The van der Waals surface area contributed by atoms with Gasteiger partial charge in [-0.1, -0.05) is 42.5 Å². The van der Waals surface area contributed by atoms with Gasteiger partial charge in [-0.05, 0) is 43.0 Å². The average Bonchev–Trinajstić information content (AvgIpc) is 3.11. The summed E-state index contributed by atoms with van der Waals surface area (Å²) in [6.45, 7) is 4.72. The second kappa shape index (κ2) is 9.17. The molecule has 5 heteroatoms. The Kier molecular flexibility index (Phi) is 6.66. The number of guanidine groups is 1. The summed E-state index contributed by atoms with van der Waals surface area (Å²) in [7, 11) is 0. The number of pyridine rings is 1. The van der Waals surface area contributed by atoms with Crippen LogP contribution in [0.25, 0.3) is 10.9 Å². The van der Waals surface area contributed by atoms with Crippen LogP contribution >= 0.6 is 24.0 Å². The highest BCUT2D eigenvalue weighted by Crippen LogP contribution is 2.27. The highest BCUT2D eigenvalue weighted by Gasteiger charge is 2.22. The van der Waals surface area contributed by atoms with E-state index in [0.717, 1.165) is 44.0 Å². The van der Waals surface area contributed by atoms with Gasteiger partial charge in [0.05, 0.1) is 5.52 Å². The third-order valence-electron chi connectivity index (χ3n) is 4.84. The van der Waals surface area contributed by atoms with E-state index < -0.39 is 0 Å². The van der Waals surface area contributed by atoms with Crippen molar-refractivity contribution in [3.8, 4) is 0 Å². The number of hydrogen-bond donors (Lipinski definition) is 1. The van der Waals surface area contributed by atoms with E-state index in [9.17, 15) is 0 Å². The molecule has 0 aliphatic carbocycles. The van der Waals surface area contributed by atoms with Gasteiger partial charge in [-0.2, -0.15) is 0 Å². The molecule has 1 aliphatic heterocycles. The maximum atomic E-state index is 4.90. The summed E-state index contributed by atoms with van der Waals surface area (Å²) in [6, 6.07) is 19.1. The van der Waals surface area contributed by atoms with Crippen molar-refractivity contribution in [1.82, 2.24) is 10.3 Å². The Morgan fingerprint density at radius 3 is 2.85 bits per heavy atom. The SMILES string of the molecule is CCNC(=NCCc1cccc2cccnc12)N1CCc2ccccc21.I. The predicted molar refractivity (Wildman–Crippen MR) is 124 cm³/mol. The number of halogens is 1. The van der Waals surface area contributed by atoms with Crippen LogP contribution in [0, 0.1) is 0 Å². The van der Waals surface area contributed by atoms with Crippen molar-refractivity contribution >= 4 is 46.5 Å². The number of fused-ring (bicyclic) bond motifs is 2. The molecule has 140 valence electrons. The number of aliphatic imine (C=N–C) groups is 1. The number of benzene rings is 2. The zero-order valence-electron chi connectivity index (χ0n) is 15.6. The summed E-state index contributed by atoms with van der Waals surface area (Å²) in [5, 5.41) is 4.64. The van der Waals surface area contributed by atoms with Crippen LogP contribution in [-0.2, 0) is 12.8 Å². The minimum Gasteiger partial charge on any atom is -0.356 e. The Morgan fingerprint density at radius 2 is 1.96 bits per heavy atom. The number of para-hydroxylation sites is 2. The topological polar surface area (TPSA) is 40.5 Å². The lowest BCUT2D eigenvalue weighted by Gasteiger charge is -2.22. The fraction of sp³-hybridized carbons (Fsp3) is 0.273. The summed E-state index contributed by atoms with van der Waals surface area (Å²) in [5.41, 5.74) is 5.02. The molecule has 1 aliphatic rings. The normalized spacial score (nSPS) is 13.4. The fourth-order valence-corrected chi connectivity index (χ4v) is 3.60. The molecule has 0 spiro atoms. The summed E-state index contributed by atoms with van der Waals surface area (Å²) in [6.07, 6.45) is 3.83. The van der Waals surface area contributed by atoms with Crippen LogP contribution in [0.15, 0.2) is 65.8 Å². The molecule has 0 amide bonds. The van der Waals surface area contributed by atoms with Gasteiger partial charge in [-0.3, -0.25) is 9.98 Å². The van der Waals surface area contributed by atoms with Crippen molar-refractivity contribution in [3.63, 3.8) is 0 Å². The summed E-state index contributed by atoms with van der Waals surface area (Å²) in [4.78, 5) is 11.8. The average molecular weight is 472 g/mol. The Morgan fingerprint density at radius 1 is 1.11 bits per heavy atom. The van der Waals surface area contributed by atoms with Gasteiger partial charge in [0.25, 0.3) is 0 Å². The van der Waals surface area contributed by atoms with Crippen LogP contribution in [0.2, 0.25) is 0 Å². The smallest absolute Gasteiger partial charge is 0.198 e. The fourth-order valence-electron chi connectivity index (χ4n) is 3.60. The standard InChI is InChI=1S/C22H24N4.HI/c1-2-23-22(26-16-13-17-7-3-4-11-20(17)26)25-15-12-19-9-5-8-18-10-6-14-24-21(18)19;/h3-11,14H,2,12-13,15-16H2,1H3,(H,23,25);1H. The largest absolute Gasteiger partial charge is 0.356 e.